The molecule has 7 heteroatoms. The molecule has 0 aliphatic carbocycles. The molecule has 0 atom stereocenters. The SMILES string of the molecule is O=c1cc(C[n+]2ccc(-c3ncccn3)cn2)o[nH]1. The highest BCUT2D eigenvalue weighted by Gasteiger charge is 2.10. The molecule has 0 bridgehead atoms. The minimum absolute atomic E-state index is 0.259. The highest BCUT2D eigenvalue weighted by molar-refractivity contribution is 5.51. The predicted octanol–water partition coefficient (Wildman–Crippen LogP) is 0.156. The lowest BCUT2D eigenvalue weighted by Crippen LogP contribution is -2.37. The van der Waals surface area contributed by atoms with E-state index in [0.29, 0.717) is 18.1 Å². The molecule has 3 aromatic heterocycles. The molecule has 3 aromatic rings. The number of H-pyrrole nitrogens is 1. The maximum absolute atomic E-state index is 10.9. The van der Waals surface area contributed by atoms with Crippen LogP contribution in [0.1, 0.15) is 5.76 Å². The van der Waals surface area contributed by atoms with Crippen molar-refractivity contribution >= 4 is 0 Å². The Bertz CT molecular complexity index is 718. The highest BCUT2D eigenvalue weighted by Crippen LogP contribution is 2.09. The van der Waals surface area contributed by atoms with Gasteiger partial charge in [-0.05, 0) is 11.2 Å². The number of hydrogen-bond acceptors (Lipinski definition) is 5. The summed E-state index contributed by atoms with van der Waals surface area (Å²) in [5.74, 6) is 1.14. The first-order valence-corrected chi connectivity index (χ1v) is 5.62. The van der Waals surface area contributed by atoms with E-state index in [1.54, 1.807) is 35.5 Å². The molecule has 0 saturated heterocycles. The van der Waals surface area contributed by atoms with Gasteiger partial charge in [0.2, 0.25) is 12.3 Å². The van der Waals surface area contributed by atoms with E-state index >= 15 is 0 Å². The van der Waals surface area contributed by atoms with E-state index in [2.05, 4.69) is 20.2 Å². The summed E-state index contributed by atoms with van der Waals surface area (Å²) >= 11 is 0. The normalized spacial score (nSPS) is 10.5. The topological polar surface area (TPSA) is 88.6 Å². The third-order valence-electron chi connectivity index (χ3n) is 2.49. The van der Waals surface area contributed by atoms with Gasteiger partial charge in [-0.25, -0.2) is 9.97 Å². The van der Waals surface area contributed by atoms with Crippen molar-refractivity contribution in [1.82, 2.24) is 20.2 Å². The molecule has 0 aliphatic heterocycles. The number of nitrogens with one attached hydrogen (secondary N) is 1. The molecule has 0 aromatic carbocycles. The monoisotopic (exact) mass is 256 g/mol. The molecule has 0 unspecified atom stereocenters. The molecular weight excluding hydrogens is 246 g/mol. The second-order valence-electron chi connectivity index (χ2n) is 3.86. The van der Waals surface area contributed by atoms with Crippen LogP contribution >= 0.6 is 0 Å². The van der Waals surface area contributed by atoms with Crippen molar-refractivity contribution in [1.29, 1.82) is 0 Å². The Labute approximate surface area is 107 Å². The molecule has 94 valence electrons. The standard InChI is InChI=1S/C12H9N5O2/c18-11-6-10(19-16-11)8-17-5-2-9(7-15-17)12-13-3-1-4-14-12/h1-7H,8H2/p+1. The molecule has 0 fully saturated rings. The van der Waals surface area contributed by atoms with E-state index in [1.165, 1.54) is 6.07 Å². The minimum Gasteiger partial charge on any atom is -0.377 e. The van der Waals surface area contributed by atoms with Crippen molar-refractivity contribution in [2.75, 3.05) is 0 Å². The second kappa shape index (κ2) is 4.81. The zero-order chi connectivity index (χ0) is 13.1. The van der Waals surface area contributed by atoms with E-state index in [4.69, 9.17) is 4.52 Å². The van der Waals surface area contributed by atoms with Gasteiger partial charge in [-0.1, -0.05) is 4.68 Å². The Kier molecular flexibility index (Phi) is 2.85. The van der Waals surface area contributed by atoms with Crippen molar-refractivity contribution in [2.45, 2.75) is 6.54 Å². The third-order valence-corrected chi connectivity index (χ3v) is 2.49. The van der Waals surface area contributed by atoms with E-state index in [1.807, 2.05) is 6.07 Å². The number of rotatable bonds is 3. The first-order chi connectivity index (χ1) is 9.31. The molecule has 0 spiro atoms. The smallest absolute Gasteiger partial charge is 0.280 e. The molecular formula is C12H10N5O2+. The van der Waals surface area contributed by atoms with Crippen LogP contribution in [0.4, 0.5) is 0 Å². The largest absolute Gasteiger partial charge is 0.377 e. The average molecular weight is 256 g/mol. The third kappa shape index (κ3) is 2.54. The zero-order valence-corrected chi connectivity index (χ0v) is 9.85. The van der Waals surface area contributed by atoms with Gasteiger partial charge in [0.05, 0.1) is 6.07 Å². The van der Waals surface area contributed by atoms with Crippen LogP contribution in [0.2, 0.25) is 0 Å². The van der Waals surface area contributed by atoms with Gasteiger partial charge in [-0.2, -0.15) is 5.16 Å². The summed E-state index contributed by atoms with van der Waals surface area (Å²) in [5.41, 5.74) is 0.567. The Morgan fingerprint density at radius 1 is 1.32 bits per heavy atom. The van der Waals surface area contributed by atoms with Gasteiger partial charge in [-0.3, -0.25) is 4.79 Å². The molecule has 0 saturated carbocycles. The summed E-state index contributed by atoms with van der Waals surface area (Å²) in [5, 5.41) is 6.45. The Morgan fingerprint density at radius 2 is 2.16 bits per heavy atom. The van der Waals surface area contributed by atoms with Crippen LogP contribution in [0.3, 0.4) is 0 Å². The zero-order valence-electron chi connectivity index (χ0n) is 9.85. The van der Waals surface area contributed by atoms with E-state index < -0.39 is 0 Å². The Morgan fingerprint density at radius 3 is 2.79 bits per heavy atom. The Balaban J connectivity index is 1.81. The summed E-state index contributed by atoms with van der Waals surface area (Å²) in [6, 6.07) is 5.00. The van der Waals surface area contributed by atoms with Gasteiger partial charge in [0.1, 0.15) is 6.20 Å². The van der Waals surface area contributed by atoms with Crippen LogP contribution in [0, 0.1) is 0 Å². The van der Waals surface area contributed by atoms with Gasteiger partial charge in [0.25, 0.3) is 5.56 Å². The first-order valence-electron chi connectivity index (χ1n) is 5.62. The van der Waals surface area contributed by atoms with Crippen LogP contribution in [0.15, 0.2) is 52.3 Å². The molecule has 19 heavy (non-hydrogen) atoms. The van der Waals surface area contributed by atoms with Crippen LogP contribution in [-0.2, 0) is 6.54 Å². The predicted molar refractivity (Wildman–Crippen MR) is 63.9 cm³/mol. The van der Waals surface area contributed by atoms with E-state index in [9.17, 15) is 4.79 Å². The highest BCUT2D eigenvalue weighted by atomic mass is 16.5. The van der Waals surface area contributed by atoms with Crippen LogP contribution in [-0.4, -0.2) is 20.2 Å². The van der Waals surface area contributed by atoms with Gasteiger partial charge in [0, 0.05) is 24.0 Å². The molecule has 3 heterocycles. The van der Waals surface area contributed by atoms with Crippen molar-refractivity contribution in [3.05, 3.63) is 59.1 Å². The van der Waals surface area contributed by atoms with Crippen molar-refractivity contribution in [3.8, 4) is 11.4 Å². The van der Waals surface area contributed by atoms with Crippen molar-refractivity contribution in [2.24, 2.45) is 0 Å². The minimum atomic E-state index is -0.259. The summed E-state index contributed by atoms with van der Waals surface area (Å²) in [4.78, 5) is 19.2. The molecule has 1 N–H and O–H groups in total. The quantitative estimate of drug-likeness (QED) is 0.674. The maximum atomic E-state index is 10.9. The summed E-state index contributed by atoms with van der Waals surface area (Å²) < 4.78 is 6.61. The fraction of sp³-hybridized carbons (Fsp3) is 0.0833. The average Bonchev–Trinajstić information content (AvgIpc) is 2.86. The van der Waals surface area contributed by atoms with E-state index in [-0.39, 0.29) is 5.56 Å². The number of aromatic amines is 1. The second-order valence-corrected chi connectivity index (χ2v) is 3.86. The lowest BCUT2D eigenvalue weighted by atomic mass is 10.3. The number of nitrogens with zero attached hydrogens (tertiary/aromatic N) is 4. The molecule has 7 nitrogen and oxygen atoms in total. The summed E-state index contributed by atoms with van der Waals surface area (Å²) in [7, 11) is 0. The van der Waals surface area contributed by atoms with Crippen molar-refractivity contribution in [3.63, 3.8) is 0 Å². The number of hydrogen-bond donors (Lipinski definition) is 1. The lowest BCUT2D eigenvalue weighted by molar-refractivity contribution is -0.747. The van der Waals surface area contributed by atoms with Gasteiger partial charge in [-0.15, -0.1) is 0 Å². The molecule has 0 amide bonds. The summed E-state index contributed by atoms with van der Waals surface area (Å²) in [6.07, 6.45) is 6.80. The summed E-state index contributed by atoms with van der Waals surface area (Å²) in [6.45, 7) is 0.384. The Hall–Kier alpha value is -2.83. The van der Waals surface area contributed by atoms with Crippen molar-refractivity contribution < 1.29 is 9.20 Å². The fourth-order valence-electron chi connectivity index (χ4n) is 1.62. The van der Waals surface area contributed by atoms with Crippen LogP contribution < -0.4 is 10.2 Å². The van der Waals surface area contributed by atoms with Gasteiger partial charge in [0.15, 0.2) is 12.0 Å². The van der Waals surface area contributed by atoms with E-state index in [0.717, 1.165) is 5.56 Å². The van der Waals surface area contributed by atoms with Gasteiger partial charge >= 0.3 is 0 Å². The van der Waals surface area contributed by atoms with Gasteiger partial charge < -0.3 is 4.52 Å². The first kappa shape index (κ1) is 11.3. The number of aromatic nitrogens is 5. The van der Waals surface area contributed by atoms with Crippen LogP contribution in [0.25, 0.3) is 11.4 Å². The molecule has 0 aliphatic rings. The maximum Gasteiger partial charge on any atom is 0.280 e. The van der Waals surface area contributed by atoms with Crippen LogP contribution in [0.5, 0.6) is 0 Å². The fourth-order valence-corrected chi connectivity index (χ4v) is 1.62. The molecule has 3 rings (SSSR count). The molecule has 0 radical (unpaired) electrons. The lowest BCUT2D eigenvalue weighted by Gasteiger charge is -1.96.